The van der Waals surface area contributed by atoms with Gasteiger partial charge >= 0.3 is 0 Å². The van der Waals surface area contributed by atoms with Crippen LogP contribution in [0.3, 0.4) is 0 Å². The molecule has 0 aromatic heterocycles. The second-order valence-electron chi connectivity index (χ2n) is 5.59. The Labute approximate surface area is 119 Å². The van der Waals surface area contributed by atoms with Crippen molar-refractivity contribution < 1.29 is 4.79 Å². The number of amides is 1. The van der Waals surface area contributed by atoms with Crippen molar-refractivity contribution in [2.75, 3.05) is 26.2 Å². The first-order valence-corrected chi connectivity index (χ1v) is 7.27. The first-order valence-electron chi connectivity index (χ1n) is 7.27. The molecule has 0 spiro atoms. The van der Waals surface area contributed by atoms with Gasteiger partial charge < -0.3 is 4.90 Å². The Kier molecular flexibility index (Phi) is 3.70. The van der Waals surface area contributed by atoms with Gasteiger partial charge in [-0.25, -0.2) is 0 Å². The average molecular weight is 269 g/mol. The Morgan fingerprint density at radius 3 is 2.80 bits per heavy atom. The SMILES string of the molecule is N#CC(C(=O)N1CCN2CCCC2C1)c1ccccc1. The minimum atomic E-state index is -0.663. The van der Waals surface area contributed by atoms with E-state index in [1.165, 1.54) is 12.8 Å². The molecule has 0 saturated carbocycles. The van der Waals surface area contributed by atoms with E-state index in [-0.39, 0.29) is 5.91 Å². The molecular formula is C16H19N3O. The maximum Gasteiger partial charge on any atom is 0.244 e. The molecule has 1 amide bonds. The minimum absolute atomic E-state index is 0.0368. The first kappa shape index (κ1) is 13.1. The average Bonchev–Trinajstić information content (AvgIpc) is 2.96. The van der Waals surface area contributed by atoms with Crippen LogP contribution < -0.4 is 0 Å². The predicted molar refractivity (Wildman–Crippen MR) is 76.0 cm³/mol. The normalized spacial score (nSPS) is 23.9. The maximum atomic E-state index is 12.6. The third-order valence-electron chi connectivity index (χ3n) is 4.41. The molecule has 2 atom stereocenters. The Bertz CT molecular complexity index is 522. The van der Waals surface area contributed by atoms with Gasteiger partial charge in [-0.05, 0) is 24.9 Å². The molecule has 4 heteroatoms. The second-order valence-corrected chi connectivity index (χ2v) is 5.59. The Morgan fingerprint density at radius 1 is 1.25 bits per heavy atom. The predicted octanol–water partition coefficient (Wildman–Crippen LogP) is 1.60. The quantitative estimate of drug-likeness (QED) is 0.819. The van der Waals surface area contributed by atoms with Crippen LogP contribution in [-0.2, 0) is 4.79 Å². The lowest BCUT2D eigenvalue weighted by Crippen LogP contribution is -2.53. The minimum Gasteiger partial charge on any atom is -0.338 e. The molecule has 2 heterocycles. The Hall–Kier alpha value is -1.86. The van der Waals surface area contributed by atoms with E-state index in [0.717, 1.165) is 31.7 Å². The van der Waals surface area contributed by atoms with Crippen molar-refractivity contribution in [2.45, 2.75) is 24.8 Å². The third-order valence-corrected chi connectivity index (χ3v) is 4.41. The number of hydrogen-bond acceptors (Lipinski definition) is 3. The van der Waals surface area contributed by atoms with Gasteiger partial charge in [-0.3, -0.25) is 9.69 Å². The topological polar surface area (TPSA) is 47.3 Å². The van der Waals surface area contributed by atoms with Crippen LogP contribution in [0.4, 0.5) is 0 Å². The summed E-state index contributed by atoms with van der Waals surface area (Å²) in [5, 5.41) is 9.36. The fraction of sp³-hybridized carbons (Fsp3) is 0.500. The lowest BCUT2D eigenvalue weighted by molar-refractivity contribution is -0.134. The van der Waals surface area contributed by atoms with Gasteiger partial charge in [-0.15, -0.1) is 0 Å². The van der Waals surface area contributed by atoms with E-state index in [4.69, 9.17) is 0 Å². The number of nitrogens with zero attached hydrogens (tertiary/aromatic N) is 3. The van der Waals surface area contributed by atoms with Crippen LogP contribution in [0.25, 0.3) is 0 Å². The number of piperazine rings is 1. The third kappa shape index (κ3) is 2.41. The highest BCUT2D eigenvalue weighted by Gasteiger charge is 2.35. The van der Waals surface area contributed by atoms with E-state index in [0.29, 0.717) is 6.04 Å². The summed E-state index contributed by atoms with van der Waals surface area (Å²) in [6.45, 7) is 3.64. The van der Waals surface area contributed by atoms with Crippen LogP contribution >= 0.6 is 0 Å². The van der Waals surface area contributed by atoms with Gasteiger partial charge in [0, 0.05) is 25.7 Å². The first-order chi connectivity index (χ1) is 9.79. The summed E-state index contributed by atoms with van der Waals surface area (Å²) in [7, 11) is 0. The molecule has 104 valence electrons. The summed E-state index contributed by atoms with van der Waals surface area (Å²) < 4.78 is 0. The summed E-state index contributed by atoms with van der Waals surface area (Å²) >= 11 is 0. The molecule has 0 radical (unpaired) electrons. The van der Waals surface area contributed by atoms with E-state index in [1.807, 2.05) is 35.2 Å². The van der Waals surface area contributed by atoms with Gasteiger partial charge in [-0.1, -0.05) is 30.3 Å². The number of carbonyl (C=O) groups is 1. The largest absolute Gasteiger partial charge is 0.338 e. The van der Waals surface area contributed by atoms with Crippen LogP contribution in [-0.4, -0.2) is 47.9 Å². The van der Waals surface area contributed by atoms with Crippen molar-refractivity contribution in [1.82, 2.24) is 9.80 Å². The molecule has 0 aliphatic carbocycles. The number of hydrogen-bond donors (Lipinski definition) is 0. The van der Waals surface area contributed by atoms with Gasteiger partial charge in [0.05, 0.1) is 6.07 Å². The Morgan fingerprint density at radius 2 is 2.05 bits per heavy atom. The molecule has 2 aliphatic rings. The maximum absolute atomic E-state index is 12.6. The molecule has 2 aliphatic heterocycles. The summed E-state index contributed by atoms with van der Waals surface area (Å²) in [4.78, 5) is 17.0. The summed E-state index contributed by atoms with van der Waals surface area (Å²) in [6, 6.07) is 12.0. The van der Waals surface area contributed by atoms with Crippen molar-refractivity contribution in [1.29, 1.82) is 5.26 Å². The fourth-order valence-corrected chi connectivity index (χ4v) is 3.29. The number of benzene rings is 1. The summed E-state index contributed by atoms with van der Waals surface area (Å²) in [6.07, 6.45) is 2.40. The molecule has 0 N–H and O–H groups in total. The number of carbonyl (C=O) groups excluding carboxylic acids is 1. The van der Waals surface area contributed by atoms with Gasteiger partial charge in [0.25, 0.3) is 0 Å². The van der Waals surface area contributed by atoms with Gasteiger partial charge in [0.1, 0.15) is 5.92 Å². The molecule has 1 aromatic rings. The van der Waals surface area contributed by atoms with E-state index >= 15 is 0 Å². The van der Waals surface area contributed by atoms with Crippen LogP contribution in [0.15, 0.2) is 30.3 Å². The fourth-order valence-electron chi connectivity index (χ4n) is 3.29. The number of fused-ring (bicyclic) bond motifs is 1. The molecule has 2 fully saturated rings. The Balaban J connectivity index is 1.73. The van der Waals surface area contributed by atoms with Crippen molar-refractivity contribution >= 4 is 5.91 Å². The van der Waals surface area contributed by atoms with E-state index in [1.54, 1.807) is 0 Å². The molecule has 4 nitrogen and oxygen atoms in total. The number of rotatable bonds is 2. The standard InChI is InChI=1S/C16H19N3O/c17-11-15(13-5-2-1-3-6-13)16(20)19-10-9-18-8-4-7-14(18)12-19/h1-3,5-6,14-15H,4,7-10,12H2. The number of nitriles is 1. The van der Waals surface area contributed by atoms with Gasteiger partial charge in [0.15, 0.2) is 0 Å². The molecule has 20 heavy (non-hydrogen) atoms. The van der Waals surface area contributed by atoms with Crippen LogP contribution in [0.5, 0.6) is 0 Å². The molecule has 2 unspecified atom stereocenters. The second kappa shape index (κ2) is 5.64. The lowest BCUT2D eigenvalue weighted by Gasteiger charge is -2.38. The molecule has 0 bridgehead atoms. The highest BCUT2D eigenvalue weighted by molar-refractivity contribution is 5.86. The monoisotopic (exact) mass is 269 g/mol. The van der Waals surface area contributed by atoms with Crippen molar-refractivity contribution in [3.8, 4) is 6.07 Å². The van der Waals surface area contributed by atoms with E-state index < -0.39 is 5.92 Å². The van der Waals surface area contributed by atoms with Gasteiger partial charge in [-0.2, -0.15) is 5.26 Å². The van der Waals surface area contributed by atoms with E-state index in [2.05, 4.69) is 11.0 Å². The molecule has 1 aromatic carbocycles. The van der Waals surface area contributed by atoms with E-state index in [9.17, 15) is 10.1 Å². The molecule has 3 rings (SSSR count). The summed E-state index contributed by atoms with van der Waals surface area (Å²) in [5.41, 5.74) is 0.800. The van der Waals surface area contributed by atoms with Crippen molar-refractivity contribution in [2.24, 2.45) is 0 Å². The lowest BCUT2D eigenvalue weighted by atomic mass is 9.98. The van der Waals surface area contributed by atoms with Crippen molar-refractivity contribution in [3.05, 3.63) is 35.9 Å². The van der Waals surface area contributed by atoms with Crippen molar-refractivity contribution in [3.63, 3.8) is 0 Å². The van der Waals surface area contributed by atoms with Crippen LogP contribution in [0, 0.1) is 11.3 Å². The highest BCUT2D eigenvalue weighted by Crippen LogP contribution is 2.24. The molecular weight excluding hydrogens is 250 g/mol. The summed E-state index contributed by atoms with van der Waals surface area (Å²) in [5.74, 6) is -0.700. The smallest absolute Gasteiger partial charge is 0.244 e. The molecule has 2 saturated heterocycles. The highest BCUT2D eigenvalue weighted by atomic mass is 16.2. The van der Waals surface area contributed by atoms with Crippen LogP contribution in [0.2, 0.25) is 0 Å². The van der Waals surface area contributed by atoms with Gasteiger partial charge in [0.2, 0.25) is 5.91 Å². The van der Waals surface area contributed by atoms with Crippen LogP contribution in [0.1, 0.15) is 24.3 Å². The zero-order valence-electron chi connectivity index (χ0n) is 11.5. The zero-order valence-corrected chi connectivity index (χ0v) is 11.5. The zero-order chi connectivity index (χ0) is 13.9.